The van der Waals surface area contributed by atoms with Crippen LogP contribution in [-0.2, 0) is 24.4 Å². The molecule has 0 saturated heterocycles. The van der Waals surface area contributed by atoms with Gasteiger partial charge in [-0.1, -0.05) is 27.0 Å². The molecule has 0 rings (SSSR count). The number of amides is 1. The summed E-state index contributed by atoms with van der Waals surface area (Å²) >= 11 is 0. The van der Waals surface area contributed by atoms with Crippen molar-refractivity contribution in [3.05, 3.63) is 24.8 Å². The summed E-state index contributed by atoms with van der Waals surface area (Å²) in [5.74, 6) is -3.18. The summed E-state index contributed by atoms with van der Waals surface area (Å²) in [4.78, 5) is 20.8. The lowest BCUT2D eigenvalue weighted by molar-refractivity contribution is -0.160. The van der Waals surface area contributed by atoms with Crippen molar-refractivity contribution in [1.82, 2.24) is 5.32 Å². The number of aliphatic hydroxyl groups is 1. The monoisotopic (exact) mass is 321 g/mol. The Balaban J connectivity index is 6.02. The minimum absolute atomic E-state index is 0.740. The number of nitrogens with one attached hydrogen (secondary N) is 1. The maximum Gasteiger partial charge on any atom is 0.339 e. The zero-order valence-corrected chi connectivity index (χ0v) is 12.8. The molecule has 0 aromatic carbocycles. The molecule has 0 aromatic heterocycles. The number of rotatable bonds is 7. The van der Waals surface area contributed by atoms with E-state index in [1.807, 2.05) is 5.32 Å². The van der Waals surface area contributed by atoms with E-state index < -0.39 is 44.6 Å². The molecule has 0 aliphatic carbocycles. The molecular weight excluding hydrogens is 302 g/mol. The number of aliphatic hydroxyl groups excluding tert-OH is 1. The molecule has 21 heavy (non-hydrogen) atoms. The zero-order valence-electron chi connectivity index (χ0n) is 12.0. The van der Waals surface area contributed by atoms with Gasteiger partial charge in [0.25, 0.3) is 10.1 Å². The predicted octanol–water partition coefficient (Wildman–Crippen LogP) is -0.0336. The molecule has 3 N–H and O–H groups in total. The van der Waals surface area contributed by atoms with E-state index in [0.717, 1.165) is 13.0 Å². The van der Waals surface area contributed by atoms with Crippen LogP contribution in [0.2, 0.25) is 0 Å². The van der Waals surface area contributed by atoms with Crippen LogP contribution in [0, 0.1) is 5.92 Å². The molecule has 2 atom stereocenters. The highest BCUT2D eigenvalue weighted by Gasteiger charge is 2.52. The number of esters is 1. The van der Waals surface area contributed by atoms with Crippen molar-refractivity contribution in [2.24, 2.45) is 5.92 Å². The Labute approximate surface area is 123 Å². The Hall–Kier alpha value is -1.71. The van der Waals surface area contributed by atoms with Crippen LogP contribution >= 0.6 is 0 Å². The van der Waals surface area contributed by atoms with Gasteiger partial charge in [-0.3, -0.25) is 9.35 Å². The van der Waals surface area contributed by atoms with Crippen molar-refractivity contribution in [3.8, 4) is 0 Å². The average Bonchev–Trinajstić information content (AvgIpc) is 2.31. The lowest BCUT2D eigenvalue weighted by Gasteiger charge is -2.35. The van der Waals surface area contributed by atoms with Gasteiger partial charge in [0.05, 0.1) is 5.57 Å². The molecule has 0 saturated carbocycles. The lowest BCUT2D eigenvalue weighted by atomic mass is 9.95. The highest BCUT2D eigenvalue weighted by atomic mass is 32.2. The van der Waals surface area contributed by atoms with Crippen LogP contribution in [0.15, 0.2) is 24.8 Å². The number of carbonyl (C=O) groups is 2. The fourth-order valence-electron chi connectivity index (χ4n) is 1.70. The molecule has 1 amide bonds. The summed E-state index contributed by atoms with van der Waals surface area (Å²) in [6.07, 6.45) is -0.745. The molecule has 0 fully saturated rings. The highest BCUT2D eigenvalue weighted by Crippen LogP contribution is 2.31. The van der Waals surface area contributed by atoms with Crippen molar-refractivity contribution in [2.75, 3.05) is 0 Å². The Bertz CT molecular complexity index is 550. The first kappa shape index (κ1) is 19.3. The van der Waals surface area contributed by atoms with Crippen LogP contribution in [0.3, 0.4) is 0 Å². The summed E-state index contributed by atoms with van der Waals surface area (Å²) in [5.41, 5.74) is -0.740. The van der Waals surface area contributed by atoms with E-state index in [1.54, 1.807) is 0 Å². The maximum absolute atomic E-state index is 11.8. The molecule has 8 nitrogen and oxygen atoms in total. The predicted molar refractivity (Wildman–Crippen MR) is 74.4 cm³/mol. The first-order valence-electron chi connectivity index (χ1n) is 5.90. The first-order chi connectivity index (χ1) is 9.40. The van der Waals surface area contributed by atoms with Crippen LogP contribution in [0.1, 0.15) is 20.8 Å². The number of hydrogen-bond donors (Lipinski definition) is 3. The minimum Gasteiger partial charge on any atom is -0.433 e. The Morgan fingerprint density at radius 2 is 1.81 bits per heavy atom. The summed E-state index contributed by atoms with van der Waals surface area (Å²) in [6, 6.07) is 0. The number of hydrogen-bond acceptors (Lipinski definition) is 6. The lowest BCUT2D eigenvalue weighted by Crippen LogP contribution is -2.60. The van der Waals surface area contributed by atoms with E-state index in [1.165, 1.54) is 13.8 Å². The summed E-state index contributed by atoms with van der Waals surface area (Å²) in [6.45, 7) is 10.3. The molecule has 0 aliphatic rings. The van der Waals surface area contributed by atoms with Crippen LogP contribution in [0.25, 0.3) is 0 Å². The SMILES string of the molecule is C=CC(=O)NC(C(=C)C(=O)OC(C)O)(C(C)C)S(=O)(=O)O. The van der Waals surface area contributed by atoms with Crippen molar-refractivity contribution >= 4 is 22.0 Å². The Morgan fingerprint density at radius 1 is 1.33 bits per heavy atom. The number of ether oxygens (including phenoxy) is 1. The van der Waals surface area contributed by atoms with Gasteiger partial charge in [-0.05, 0) is 18.9 Å². The molecule has 0 spiro atoms. The molecule has 2 unspecified atom stereocenters. The van der Waals surface area contributed by atoms with Gasteiger partial charge >= 0.3 is 5.97 Å². The van der Waals surface area contributed by atoms with Gasteiger partial charge in [-0.2, -0.15) is 8.42 Å². The third kappa shape index (κ3) is 4.13. The third-order valence-corrected chi connectivity index (χ3v) is 4.32. The molecule has 9 heteroatoms. The van der Waals surface area contributed by atoms with Gasteiger partial charge in [-0.15, -0.1) is 0 Å². The van der Waals surface area contributed by atoms with Crippen molar-refractivity contribution in [1.29, 1.82) is 0 Å². The first-order valence-corrected chi connectivity index (χ1v) is 7.34. The topological polar surface area (TPSA) is 130 Å². The van der Waals surface area contributed by atoms with E-state index >= 15 is 0 Å². The van der Waals surface area contributed by atoms with Gasteiger partial charge in [0, 0.05) is 0 Å². The normalized spacial score (nSPS) is 15.7. The zero-order chi connectivity index (χ0) is 17.0. The molecule has 0 bridgehead atoms. The Morgan fingerprint density at radius 3 is 2.10 bits per heavy atom. The minimum atomic E-state index is -4.97. The van der Waals surface area contributed by atoms with Gasteiger partial charge in [-0.25, -0.2) is 4.79 Å². The number of carbonyl (C=O) groups excluding carboxylic acids is 2. The van der Waals surface area contributed by atoms with E-state index in [-0.39, 0.29) is 0 Å². The van der Waals surface area contributed by atoms with E-state index in [4.69, 9.17) is 5.11 Å². The average molecular weight is 321 g/mol. The summed E-state index contributed by atoms with van der Waals surface area (Å²) < 4.78 is 37.4. The Kier molecular flexibility index (Phi) is 6.28. The summed E-state index contributed by atoms with van der Waals surface area (Å²) in [5, 5.41) is 11.0. The fraction of sp³-hybridized carbons (Fsp3) is 0.500. The smallest absolute Gasteiger partial charge is 0.339 e. The molecule has 120 valence electrons. The van der Waals surface area contributed by atoms with Gasteiger partial charge in [0.2, 0.25) is 10.8 Å². The molecule has 0 heterocycles. The van der Waals surface area contributed by atoms with Crippen LogP contribution < -0.4 is 5.32 Å². The van der Waals surface area contributed by atoms with E-state index in [0.29, 0.717) is 0 Å². The molecule has 0 aliphatic heterocycles. The van der Waals surface area contributed by atoms with E-state index in [9.17, 15) is 22.6 Å². The molecule has 0 radical (unpaired) electrons. The van der Waals surface area contributed by atoms with Crippen LogP contribution in [0.5, 0.6) is 0 Å². The van der Waals surface area contributed by atoms with Gasteiger partial charge < -0.3 is 15.2 Å². The standard InChI is InChI=1S/C12H19NO7S/c1-6-10(15)13-12(7(2)3,21(17,18)19)8(4)11(16)20-9(5)14/h6-7,9,14H,1,4H2,2-3,5H3,(H,13,15)(H,17,18,19). The molecule has 0 aromatic rings. The summed E-state index contributed by atoms with van der Waals surface area (Å²) in [7, 11) is -4.97. The third-order valence-electron chi connectivity index (χ3n) is 2.69. The van der Waals surface area contributed by atoms with Crippen molar-refractivity contribution < 1.29 is 32.4 Å². The largest absolute Gasteiger partial charge is 0.433 e. The quantitative estimate of drug-likeness (QED) is 0.260. The van der Waals surface area contributed by atoms with Crippen molar-refractivity contribution in [2.45, 2.75) is 31.9 Å². The second kappa shape index (κ2) is 6.83. The second-order valence-corrected chi connectivity index (χ2v) is 6.14. The van der Waals surface area contributed by atoms with Gasteiger partial charge in [0.1, 0.15) is 0 Å². The second-order valence-electron chi connectivity index (χ2n) is 4.54. The van der Waals surface area contributed by atoms with Crippen LogP contribution in [-0.4, -0.2) is 41.1 Å². The fourth-order valence-corrected chi connectivity index (χ4v) is 2.92. The van der Waals surface area contributed by atoms with Crippen molar-refractivity contribution in [3.63, 3.8) is 0 Å². The highest BCUT2D eigenvalue weighted by molar-refractivity contribution is 7.87. The van der Waals surface area contributed by atoms with Gasteiger partial charge in [0.15, 0.2) is 6.29 Å². The van der Waals surface area contributed by atoms with E-state index in [2.05, 4.69) is 17.9 Å². The van der Waals surface area contributed by atoms with Crippen LogP contribution in [0.4, 0.5) is 0 Å². The maximum atomic E-state index is 11.8. The molecular formula is C12H19NO7S.